The second-order valence-electron chi connectivity index (χ2n) is 3.54. The Morgan fingerprint density at radius 1 is 1.38 bits per heavy atom. The van der Waals surface area contributed by atoms with Gasteiger partial charge in [0, 0.05) is 6.08 Å². The molecule has 2 atom stereocenters. The summed E-state index contributed by atoms with van der Waals surface area (Å²) in [5.74, 6) is -0.855. The van der Waals surface area contributed by atoms with Crippen molar-refractivity contribution in [3.63, 3.8) is 0 Å². The molecule has 1 aliphatic carbocycles. The Morgan fingerprint density at radius 2 is 2.06 bits per heavy atom. The van der Waals surface area contributed by atoms with Crippen LogP contribution in [0.3, 0.4) is 0 Å². The molecule has 0 aromatic heterocycles. The zero-order chi connectivity index (χ0) is 11.9. The Labute approximate surface area is 109 Å². The van der Waals surface area contributed by atoms with Gasteiger partial charge in [-0.05, 0) is 28.8 Å². The van der Waals surface area contributed by atoms with Crippen molar-refractivity contribution in [2.75, 3.05) is 0 Å². The van der Waals surface area contributed by atoms with Gasteiger partial charge in [-0.2, -0.15) is 0 Å². The highest BCUT2D eigenvalue weighted by molar-refractivity contribution is 9.12. The van der Waals surface area contributed by atoms with E-state index in [0.717, 1.165) is 11.1 Å². The highest BCUT2D eigenvalue weighted by Crippen LogP contribution is 2.48. The maximum absolute atomic E-state index is 13.2. The molecule has 1 aliphatic rings. The van der Waals surface area contributed by atoms with Crippen LogP contribution in [0.1, 0.15) is 16.0 Å². The van der Waals surface area contributed by atoms with Crippen molar-refractivity contribution in [2.24, 2.45) is 5.73 Å². The van der Waals surface area contributed by atoms with Crippen LogP contribution in [-0.4, -0.2) is 10.7 Å². The Hall–Kier alpha value is -0.680. The van der Waals surface area contributed by atoms with Gasteiger partial charge in [-0.25, -0.2) is 4.39 Å². The lowest BCUT2D eigenvalue weighted by atomic mass is 10.1. The molecule has 1 aromatic rings. The van der Waals surface area contributed by atoms with Gasteiger partial charge in [0.15, 0.2) is 0 Å². The SMILES string of the molecule is NC(=O)C=C1c2cc(F)ccc2C(Br)C1Br. The Morgan fingerprint density at radius 3 is 2.69 bits per heavy atom. The van der Waals surface area contributed by atoms with Crippen LogP contribution in [0.5, 0.6) is 0 Å². The monoisotopic (exact) mass is 347 g/mol. The fourth-order valence-electron chi connectivity index (χ4n) is 1.79. The van der Waals surface area contributed by atoms with Gasteiger partial charge in [-0.3, -0.25) is 4.79 Å². The molecule has 2 N–H and O–H groups in total. The number of carbonyl (C=O) groups is 1. The second kappa shape index (κ2) is 4.30. The van der Waals surface area contributed by atoms with E-state index in [4.69, 9.17) is 5.73 Å². The number of allylic oxidation sites excluding steroid dienone is 1. The maximum atomic E-state index is 13.2. The van der Waals surface area contributed by atoms with E-state index >= 15 is 0 Å². The molecule has 0 spiro atoms. The zero-order valence-corrected chi connectivity index (χ0v) is 11.3. The van der Waals surface area contributed by atoms with Crippen molar-refractivity contribution >= 4 is 43.3 Å². The number of primary amides is 1. The number of halogens is 3. The molecular weight excluding hydrogens is 341 g/mol. The number of nitrogens with two attached hydrogens (primary N) is 1. The van der Waals surface area contributed by atoms with E-state index in [1.807, 2.05) is 0 Å². The summed E-state index contributed by atoms with van der Waals surface area (Å²) in [6.07, 6.45) is 1.33. The van der Waals surface area contributed by atoms with Gasteiger partial charge in [-0.15, -0.1) is 0 Å². The molecule has 5 heteroatoms. The number of carbonyl (C=O) groups excluding carboxylic acids is 1. The van der Waals surface area contributed by atoms with E-state index in [1.54, 1.807) is 6.07 Å². The third-order valence-corrected chi connectivity index (χ3v) is 5.23. The van der Waals surface area contributed by atoms with Gasteiger partial charge in [0.1, 0.15) is 5.82 Å². The van der Waals surface area contributed by atoms with Crippen molar-refractivity contribution < 1.29 is 9.18 Å². The molecule has 1 amide bonds. The smallest absolute Gasteiger partial charge is 0.241 e. The van der Waals surface area contributed by atoms with E-state index in [0.29, 0.717) is 5.57 Å². The highest BCUT2D eigenvalue weighted by atomic mass is 79.9. The Balaban J connectivity index is 2.60. The molecule has 2 nitrogen and oxygen atoms in total. The van der Waals surface area contributed by atoms with Crippen molar-refractivity contribution in [3.05, 3.63) is 41.2 Å². The van der Waals surface area contributed by atoms with Gasteiger partial charge < -0.3 is 5.73 Å². The van der Waals surface area contributed by atoms with E-state index in [1.165, 1.54) is 18.2 Å². The average Bonchev–Trinajstić information content (AvgIpc) is 2.43. The highest BCUT2D eigenvalue weighted by Gasteiger charge is 2.33. The summed E-state index contributed by atoms with van der Waals surface area (Å²) >= 11 is 6.95. The van der Waals surface area contributed by atoms with Gasteiger partial charge in [-0.1, -0.05) is 37.9 Å². The number of hydrogen-bond donors (Lipinski definition) is 1. The molecule has 0 saturated heterocycles. The molecule has 0 aliphatic heterocycles. The zero-order valence-electron chi connectivity index (χ0n) is 8.08. The van der Waals surface area contributed by atoms with Crippen LogP contribution < -0.4 is 5.73 Å². The molecule has 2 rings (SSSR count). The molecule has 0 radical (unpaired) electrons. The molecule has 0 bridgehead atoms. The predicted octanol–water partition coefficient (Wildman–Crippen LogP) is 2.91. The van der Waals surface area contributed by atoms with Gasteiger partial charge >= 0.3 is 0 Å². The third-order valence-electron chi connectivity index (χ3n) is 2.48. The van der Waals surface area contributed by atoms with E-state index in [-0.39, 0.29) is 15.5 Å². The van der Waals surface area contributed by atoms with Crippen molar-refractivity contribution in [3.8, 4) is 0 Å². The number of alkyl halides is 2. The largest absolute Gasteiger partial charge is 0.366 e. The van der Waals surface area contributed by atoms with Crippen LogP contribution in [0.25, 0.3) is 5.57 Å². The van der Waals surface area contributed by atoms with Gasteiger partial charge in [0.05, 0.1) is 9.65 Å². The van der Waals surface area contributed by atoms with Crippen LogP contribution in [-0.2, 0) is 4.79 Å². The molecule has 16 heavy (non-hydrogen) atoms. The lowest BCUT2D eigenvalue weighted by Crippen LogP contribution is -2.09. The lowest BCUT2D eigenvalue weighted by Gasteiger charge is -2.06. The summed E-state index contributed by atoms with van der Waals surface area (Å²) in [6, 6.07) is 4.53. The Kier molecular flexibility index (Phi) is 3.17. The van der Waals surface area contributed by atoms with Gasteiger partial charge in [0.2, 0.25) is 5.91 Å². The summed E-state index contributed by atoms with van der Waals surface area (Å²) in [5.41, 5.74) is 7.52. The summed E-state index contributed by atoms with van der Waals surface area (Å²) < 4.78 is 13.2. The first-order valence-electron chi connectivity index (χ1n) is 4.59. The fraction of sp³-hybridized carbons (Fsp3) is 0.182. The number of benzene rings is 1. The first kappa shape index (κ1) is 11.8. The van der Waals surface area contributed by atoms with Crippen LogP contribution in [0, 0.1) is 5.82 Å². The summed E-state index contributed by atoms with van der Waals surface area (Å²) in [5, 5.41) is 0. The van der Waals surface area contributed by atoms with Crippen LogP contribution >= 0.6 is 31.9 Å². The first-order valence-corrected chi connectivity index (χ1v) is 6.43. The van der Waals surface area contributed by atoms with Crippen LogP contribution in [0.4, 0.5) is 4.39 Å². The first-order chi connectivity index (χ1) is 7.50. The summed E-state index contributed by atoms with van der Waals surface area (Å²) in [6.45, 7) is 0. The standard InChI is InChI=1S/C11H8Br2FNO/c12-10-6-2-1-5(14)3-7(6)8(11(10)13)4-9(15)16/h1-4,10-11H,(H2,15,16). The van der Waals surface area contributed by atoms with Crippen LogP contribution in [0.15, 0.2) is 24.3 Å². The second-order valence-corrected chi connectivity index (χ2v) is 5.51. The number of hydrogen-bond acceptors (Lipinski definition) is 1. The molecule has 1 aromatic carbocycles. The molecule has 84 valence electrons. The minimum Gasteiger partial charge on any atom is -0.366 e. The summed E-state index contributed by atoms with van der Waals surface area (Å²) in [7, 11) is 0. The summed E-state index contributed by atoms with van der Waals surface area (Å²) in [4.78, 5) is 10.9. The van der Waals surface area contributed by atoms with Gasteiger partial charge in [0.25, 0.3) is 0 Å². The predicted molar refractivity (Wildman–Crippen MR) is 68.0 cm³/mol. The molecule has 0 heterocycles. The number of amides is 1. The van der Waals surface area contributed by atoms with E-state index in [9.17, 15) is 9.18 Å². The van der Waals surface area contributed by atoms with E-state index < -0.39 is 5.91 Å². The number of fused-ring (bicyclic) bond motifs is 1. The maximum Gasteiger partial charge on any atom is 0.241 e. The molecule has 0 fully saturated rings. The van der Waals surface area contributed by atoms with Crippen molar-refractivity contribution in [2.45, 2.75) is 9.65 Å². The van der Waals surface area contributed by atoms with Crippen molar-refractivity contribution in [1.82, 2.24) is 0 Å². The Bertz CT molecular complexity index is 487. The van der Waals surface area contributed by atoms with Crippen molar-refractivity contribution in [1.29, 1.82) is 0 Å². The number of rotatable bonds is 1. The molecule has 0 saturated carbocycles. The minimum absolute atomic E-state index is 0.0219. The topological polar surface area (TPSA) is 43.1 Å². The quantitative estimate of drug-likeness (QED) is 0.615. The normalized spacial score (nSPS) is 25.8. The van der Waals surface area contributed by atoms with Crippen LogP contribution in [0.2, 0.25) is 0 Å². The fourth-order valence-corrected chi connectivity index (χ4v) is 3.14. The minimum atomic E-state index is -0.531. The molecular formula is C11H8Br2FNO. The average molecular weight is 349 g/mol. The lowest BCUT2D eigenvalue weighted by molar-refractivity contribution is -0.113. The van der Waals surface area contributed by atoms with E-state index in [2.05, 4.69) is 31.9 Å². The third kappa shape index (κ3) is 1.94. The molecule has 2 unspecified atom stereocenters.